The van der Waals surface area contributed by atoms with Crippen molar-refractivity contribution in [1.82, 2.24) is 0 Å². The zero-order valence-corrected chi connectivity index (χ0v) is 84.8. The molecule has 740 valence electrons. The first-order valence-electron chi connectivity index (χ1n) is 40.1. The van der Waals surface area contributed by atoms with E-state index in [2.05, 4.69) is 388 Å². The van der Waals surface area contributed by atoms with E-state index in [0.717, 1.165) is 0 Å². The molecule has 0 unspecified atom stereocenters. The van der Waals surface area contributed by atoms with Crippen LogP contribution >= 0.6 is 62.9 Å². The van der Waals surface area contributed by atoms with E-state index in [-0.39, 0.29) is 40.8 Å². The molecule has 0 radical (unpaired) electrons. The van der Waals surface area contributed by atoms with E-state index in [0.29, 0.717) is 0 Å². The molecule has 0 aromatic heterocycles. The largest absolute Gasteiger partial charge is 2.00 e. The SMILES string of the molecule is CC#N.CC#N.CC#N.CC#N.CC#N.CC#N.F[P-](F)(F)(F)(F)F.F[P-](F)(F)(F)(F)F.F[P-](F)(F)(F)(F)F.F[P-](F)(F)(F)(F)F.[Pd+2].[Pd+2].c1ccc([PH+](c2ccccc2)c2ccc3ccccc3c2-c2c([PH+](c3ccccc3)c3ccccc3)ccc3ccccc23)cc1.c1ccc([PH+](c2ccccc2)c2ccc3ccccc3c2-c2c([PH+](c3ccccc3)c3ccccc3)ccc3ccccc23)cc1. The maximum Gasteiger partial charge on any atom is 2.00 e. The Morgan fingerprint density at radius 3 is 0.357 bits per heavy atom. The van der Waals surface area contributed by atoms with Crippen LogP contribution in [0.5, 0.6) is 0 Å². The van der Waals surface area contributed by atoms with Crippen LogP contribution in [0.3, 0.4) is 0 Å². The molecule has 0 atom stereocenters. The number of rotatable bonds is 14. The van der Waals surface area contributed by atoms with Crippen LogP contribution in [0.2, 0.25) is 0 Å². The molecular weight excluding hydrogens is 2200 g/mol. The molecule has 0 aliphatic carbocycles. The van der Waals surface area contributed by atoms with Crippen molar-refractivity contribution >= 4 is 170 Å². The van der Waals surface area contributed by atoms with Gasteiger partial charge in [0, 0.05) is 63.8 Å². The maximum absolute atomic E-state index is 10.7. The van der Waals surface area contributed by atoms with Gasteiger partial charge in [-0.2, -0.15) is 31.6 Å². The molecule has 0 aliphatic heterocycles. The number of benzene rings is 16. The van der Waals surface area contributed by atoms with Crippen LogP contribution in [-0.4, -0.2) is 0 Å². The summed E-state index contributed by atoms with van der Waals surface area (Å²) in [5.74, 6) is 0. The minimum Gasteiger partial charge on any atom is -0.0620 e. The number of nitriles is 6. The molecule has 0 saturated heterocycles. The van der Waals surface area contributed by atoms with Crippen LogP contribution in [-0.2, 0) is 40.8 Å². The molecule has 16 aromatic carbocycles. The smallest absolute Gasteiger partial charge is 0.0620 e. The van der Waals surface area contributed by atoms with Gasteiger partial charge in [-0.25, -0.2) is 0 Å². The molecule has 0 fully saturated rings. The van der Waals surface area contributed by atoms with Gasteiger partial charge in [0.15, 0.2) is 0 Å². The predicted molar refractivity (Wildman–Crippen MR) is 536 cm³/mol. The van der Waals surface area contributed by atoms with Gasteiger partial charge in [-0.15, -0.1) is 0 Å². The van der Waals surface area contributed by atoms with Gasteiger partial charge in [-0.1, -0.05) is 267 Å². The van der Waals surface area contributed by atoms with Crippen molar-refractivity contribution in [1.29, 1.82) is 31.6 Å². The molecule has 0 bridgehead atoms. The van der Waals surface area contributed by atoms with Crippen molar-refractivity contribution < 1.29 is 142 Å². The van der Waals surface area contributed by atoms with Gasteiger partial charge in [0.05, 0.1) is 68.1 Å². The van der Waals surface area contributed by atoms with Gasteiger partial charge in [0.25, 0.3) is 0 Å². The van der Waals surface area contributed by atoms with E-state index in [1.165, 1.54) is 171 Å². The Bertz CT molecular complexity index is 5910. The summed E-state index contributed by atoms with van der Waals surface area (Å²) in [6.45, 7) is 8.58. The second-order valence-corrected chi connectivity index (χ2v) is 45.9. The predicted octanol–water partition coefficient (Wildman–Crippen LogP) is 34.0. The van der Waals surface area contributed by atoms with Gasteiger partial charge in [0.2, 0.25) is 0 Å². The topological polar surface area (TPSA) is 143 Å². The summed E-state index contributed by atoms with van der Waals surface area (Å²) in [6, 6.07) is 155. The van der Waals surface area contributed by atoms with Crippen LogP contribution in [0.4, 0.5) is 101 Å². The minimum absolute atomic E-state index is 0. The van der Waals surface area contributed by atoms with Crippen molar-refractivity contribution in [3.05, 3.63) is 388 Å². The van der Waals surface area contributed by atoms with E-state index in [1.807, 2.05) is 0 Å². The third-order valence-corrected chi connectivity index (χ3v) is 28.9. The molecular formula is C100H86F24N6P8Pd2+4. The Hall–Kier alpha value is -11.4. The fraction of sp³-hybridized carbons (Fsp3) is 0.0600. The van der Waals surface area contributed by atoms with Crippen molar-refractivity contribution in [2.45, 2.75) is 41.5 Å². The van der Waals surface area contributed by atoms with Crippen LogP contribution in [0.25, 0.3) is 65.3 Å². The van der Waals surface area contributed by atoms with E-state index in [1.54, 1.807) is 36.4 Å². The Balaban J connectivity index is 0.000000495. The monoisotopic (exact) mass is 2290 g/mol. The van der Waals surface area contributed by atoms with Gasteiger partial charge in [-0.3, -0.25) is 0 Å². The average molecular weight is 2290 g/mol. The van der Waals surface area contributed by atoms with Gasteiger partial charge < -0.3 is 0 Å². The summed E-state index contributed by atoms with van der Waals surface area (Å²) in [4.78, 5) is 0. The molecule has 140 heavy (non-hydrogen) atoms. The number of hydrogen-bond donors (Lipinski definition) is 0. The van der Waals surface area contributed by atoms with E-state index in [9.17, 15) is 101 Å². The Kier molecular flexibility index (Phi) is 43.7. The fourth-order valence-corrected chi connectivity index (χ4v) is 24.8. The van der Waals surface area contributed by atoms with Gasteiger partial charge >= 0.3 is 173 Å². The maximum atomic E-state index is 9.87. The third kappa shape index (κ3) is 47.7. The molecule has 0 aliphatic rings. The molecule has 16 rings (SSSR count). The Labute approximate surface area is 825 Å². The van der Waals surface area contributed by atoms with Crippen molar-refractivity contribution in [2.75, 3.05) is 0 Å². The van der Waals surface area contributed by atoms with Crippen LogP contribution in [0.1, 0.15) is 41.5 Å². The summed E-state index contributed by atoms with van der Waals surface area (Å²) in [5.41, 5.74) is 5.50. The van der Waals surface area contributed by atoms with Gasteiger partial charge in [-0.05, 0) is 164 Å². The van der Waals surface area contributed by atoms with E-state index in [4.69, 9.17) is 31.6 Å². The van der Waals surface area contributed by atoms with Crippen molar-refractivity contribution in [2.24, 2.45) is 0 Å². The van der Waals surface area contributed by atoms with Crippen LogP contribution in [0, 0.1) is 68.0 Å². The molecule has 6 nitrogen and oxygen atoms in total. The molecule has 40 heteroatoms. The standard InChI is InChI=1S/2C44H32P2.6C2H3N.4F6P.2Pd/c2*1-5-19-35(20-6-1)45(36-21-7-2-8-22-36)41-31-29-33-17-13-15-27-39(33)43(41)44-40-28-16-14-18-34(40)30-32-42(44)46(37-23-9-3-10-24-37)38-25-11-4-12-26-38;6*1-2-3;4*1-7(2,3,4,5)6;;/h2*1-32H;6*1H3;;;;;;/q;;;;;;;;4*-1;2*+2/p+4. The van der Waals surface area contributed by atoms with Crippen LogP contribution < -0.4 is 63.7 Å². The first-order valence-corrected chi connectivity index (χ1v) is 54.2. The first kappa shape index (κ1) is 123. The summed E-state index contributed by atoms with van der Waals surface area (Å²) in [6.07, 6.45) is 0. The second kappa shape index (κ2) is 49.8. The second-order valence-electron chi connectivity index (χ2n) is 28.4. The quantitative estimate of drug-likeness (QED) is 0.0603. The Morgan fingerprint density at radius 1 is 0.157 bits per heavy atom. The fourth-order valence-electron chi connectivity index (χ4n) is 13.7. The summed E-state index contributed by atoms with van der Waals surface area (Å²) in [7, 11) is -48.1. The molecule has 0 amide bonds. The zero-order valence-electron chi connectivity index (χ0n) is 74.1. The van der Waals surface area contributed by atoms with Crippen molar-refractivity contribution in [3.8, 4) is 58.7 Å². The normalized spacial score (nSPS) is 12.5. The molecule has 0 spiro atoms. The Morgan fingerprint density at radius 2 is 0.250 bits per heavy atom. The number of hydrogen-bond acceptors (Lipinski definition) is 6. The summed E-state index contributed by atoms with van der Waals surface area (Å²) < 4.78 is 237. The first-order chi connectivity index (χ1) is 64.0. The number of fused-ring (bicyclic) bond motifs is 4. The molecule has 16 aromatic rings. The molecule has 0 heterocycles. The number of nitrogens with zero attached hydrogens (tertiary/aromatic N) is 6. The summed E-state index contributed by atoms with van der Waals surface area (Å²) >= 11 is 0. The minimum atomic E-state index is -10.7. The zero-order chi connectivity index (χ0) is 103. The summed E-state index contributed by atoms with van der Waals surface area (Å²) in [5, 5.41) is 71.2. The molecule has 0 N–H and O–H groups in total. The average Bonchev–Trinajstić information content (AvgIpc) is 0.731. The third-order valence-electron chi connectivity index (χ3n) is 17.8. The van der Waals surface area contributed by atoms with Crippen LogP contribution in [0.15, 0.2) is 388 Å². The molecule has 0 saturated carbocycles. The van der Waals surface area contributed by atoms with E-state index >= 15 is 0 Å². The van der Waals surface area contributed by atoms with Gasteiger partial charge in [0.1, 0.15) is 63.7 Å². The van der Waals surface area contributed by atoms with E-state index < -0.39 is 62.9 Å². The van der Waals surface area contributed by atoms with Crippen molar-refractivity contribution in [3.63, 3.8) is 0 Å². The number of halogens is 24.